The number of aliphatic hydroxyl groups is 1. The van der Waals surface area contributed by atoms with Crippen LogP contribution in [0.15, 0.2) is 34.9 Å². The van der Waals surface area contributed by atoms with E-state index in [0.29, 0.717) is 16.3 Å². The summed E-state index contributed by atoms with van der Waals surface area (Å²) in [5.41, 5.74) is -0.105. The highest BCUT2D eigenvalue weighted by molar-refractivity contribution is 6.31. The maximum Gasteiger partial charge on any atom is 0.290 e. The number of aromatic nitrogens is 1. The number of amides is 1. The molecule has 1 aromatic heterocycles. The summed E-state index contributed by atoms with van der Waals surface area (Å²) in [5.74, 6) is -0.324. The number of carbonyl (C=O) groups is 1. The maximum atomic E-state index is 11.8. The molecule has 1 aromatic carbocycles. The van der Waals surface area contributed by atoms with Crippen molar-refractivity contribution < 1.29 is 14.4 Å². The van der Waals surface area contributed by atoms with Crippen LogP contribution in [-0.4, -0.2) is 22.7 Å². The fourth-order valence-corrected chi connectivity index (χ4v) is 2.14. The standard InChI is InChI=1S/C14H15ClN2O3/c1-9-7-12(20-17-9)13(18)16-8-14(2,19)10-5-3-4-6-11(10)15/h3-7,19H,8H2,1-2H3,(H,16,18). The van der Waals surface area contributed by atoms with Crippen molar-refractivity contribution in [3.8, 4) is 0 Å². The summed E-state index contributed by atoms with van der Waals surface area (Å²) >= 11 is 6.04. The van der Waals surface area contributed by atoms with Crippen molar-refractivity contribution in [3.05, 3.63) is 52.4 Å². The van der Waals surface area contributed by atoms with Gasteiger partial charge in [0.1, 0.15) is 5.60 Å². The molecule has 0 saturated carbocycles. The third-order valence-electron chi connectivity index (χ3n) is 2.90. The van der Waals surface area contributed by atoms with Crippen LogP contribution in [-0.2, 0) is 5.60 Å². The van der Waals surface area contributed by atoms with E-state index in [1.54, 1.807) is 38.1 Å². The molecule has 5 nitrogen and oxygen atoms in total. The SMILES string of the molecule is Cc1cc(C(=O)NCC(C)(O)c2ccccc2Cl)on1. The molecule has 1 amide bonds. The Labute approximate surface area is 121 Å². The Bertz CT molecular complexity index is 622. The number of nitrogens with zero attached hydrogens (tertiary/aromatic N) is 1. The van der Waals surface area contributed by atoms with Crippen LogP contribution in [0.25, 0.3) is 0 Å². The summed E-state index contributed by atoms with van der Waals surface area (Å²) in [6, 6.07) is 8.48. The highest BCUT2D eigenvalue weighted by Gasteiger charge is 2.26. The molecule has 0 aliphatic carbocycles. The Morgan fingerprint density at radius 2 is 2.20 bits per heavy atom. The van der Waals surface area contributed by atoms with Crippen LogP contribution in [0.3, 0.4) is 0 Å². The topological polar surface area (TPSA) is 75.4 Å². The number of carbonyl (C=O) groups excluding carboxylic acids is 1. The van der Waals surface area contributed by atoms with Gasteiger partial charge in [-0.25, -0.2) is 0 Å². The average molecular weight is 295 g/mol. The third-order valence-corrected chi connectivity index (χ3v) is 3.23. The first-order chi connectivity index (χ1) is 9.40. The zero-order valence-electron chi connectivity index (χ0n) is 11.2. The summed E-state index contributed by atoms with van der Waals surface area (Å²) < 4.78 is 4.85. The van der Waals surface area contributed by atoms with E-state index in [4.69, 9.17) is 16.1 Å². The van der Waals surface area contributed by atoms with Crippen LogP contribution in [0.2, 0.25) is 5.02 Å². The summed E-state index contributed by atoms with van der Waals surface area (Å²) in [6.07, 6.45) is 0. The second-order valence-electron chi connectivity index (χ2n) is 4.77. The van der Waals surface area contributed by atoms with E-state index in [-0.39, 0.29) is 12.3 Å². The first kappa shape index (κ1) is 14.6. The van der Waals surface area contributed by atoms with Gasteiger partial charge >= 0.3 is 0 Å². The van der Waals surface area contributed by atoms with Crippen LogP contribution in [0.4, 0.5) is 0 Å². The van der Waals surface area contributed by atoms with Crippen molar-refractivity contribution in [1.29, 1.82) is 0 Å². The number of rotatable bonds is 4. The van der Waals surface area contributed by atoms with Gasteiger partial charge in [-0.15, -0.1) is 0 Å². The minimum atomic E-state index is -1.27. The van der Waals surface area contributed by atoms with E-state index in [2.05, 4.69) is 10.5 Å². The smallest absolute Gasteiger partial charge is 0.290 e. The average Bonchev–Trinajstić information content (AvgIpc) is 2.83. The van der Waals surface area contributed by atoms with Gasteiger partial charge in [-0.05, 0) is 19.9 Å². The molecule has 106 valence electrons. The summed E-state index contributed by atoms with van der Waals surface area (Å²) in [7, 11) is 0. The lowest BCUT2D eigenvalue weighted by atomic mass is 9.96. The number of hydrogen-bond acceptors (Lipinski definition) is 4. The monoisotopic (exact) mass is 294 g/mol. The molecule has 6 heteroatoms. The first-order valence-electron chi connectivity index (χ1n) is 6.09. The molecule has 0 aliphatic heterocycles. The van der Waals surface area contributed by atoms with E-state index in [1.807, 2.05) is 0 Å². The van der Waals surface area contributed by atoms with Gasteiger partial charge in [0.25, 0.3) is 5.91 Å². The number of benzene rings is 1. The zero-order valence-corrected chi connectivity index (χ0v) is 11.9. The zero-order chi connectivity index (χ0) is 14.8. The predicted molar refractivity (Wildman–Crippen MR) is 74.6 cm³/mol. The molecule has 0 aliphatic rings. The van der Waals surface area contributed by atoms with Crippen LogP contribution in [0.1, 0.15) is 28.7 Å². The van der Waals surface area contributed by atoms with Crippen molar-refractivity contribution in [3.63, 3.8) is 0 Å². The van der Waals surface area contributed by atoms with Gasteiger partial charge in [-0.2, -0.15) is 0 Å². The van der Waals surface area contributed by atoms with Crippen LogP contribution < -0.4 is 5.32 Å². The molecule has 2 rings (SSSR count). The van der Waals surface area contributed by atoms with Crippen LogP contribution >= 0.6 is 11.6 Å². The first-order valence-corrected chi connectivity index (χ1v) is 6.47. The Kier molecular flexibility index (Phi) is 4.11. The van der Waals surface area contributed by atoms with Gasteiger partial charge in [-0.3, -0.25) is 4.79 Å². The Hall–Kier alpha value is -1.85. The number of hydrogen-bond donors (Lipinski definition) is 2. The van der Waals surface area contributed by atoms with Gasteiger partial charge in [-0.1, -0.05) is 35.0 Å². The lowest BCUT2D eigenvalue weighted by Crippen LogP contribution is -2.38. The molecule has 0 spiro atoms. The van der Waals surface area contributed by atoms with Gasteiger partial charge in [0.15, 0.2) is 0 Å². The molecule has 0 bridgehead atoms. The van der Waals surface area contributed by atoms with Gasteiger partial charge in [0.2, 0.25) is 5.76 Å². The molecule has 20 heavy (non-hydrogen) atoms. The van der Waals surface area contributed by atoms with Gasteiger partial charge < -0.3 is 14.9 Å². The Morgan fingerprint density at radius 1 is 1.50 bits per heavy atom. The quantitative estimate of drug-likeness (QED) is 0.907. The molecular formula is C14H15ClN2O3. The summed E-state index contributed by atoms with van der Waals surface area (Å²) in [6.45, 7) is 3.32. The lowest BCUT2D eigenvalue weighted by molar-refractivity contribution is 0.0517. The van der Waals surface area contributed by atoms with Crippen molar-refractivity contribution in [2.45, 2.75) is 19.4 Å². The van der Waals surface area contributed by atoms with E-state index in [1.165, 1.54) is 6.07 Å². The van der Waals surface area contributed by atoms with Gasteiger partial charge in [0.05, 0.1) is 12.2 Å². The van der Waals surface area contributed by atoms with E-state index >= 15 is 0 Å². The van der Waals surface area contributed by atoms with Gasteiger partial charge in [0, 0.05) is 16.7 Å². The minimum Gasteiger partial charge on any atom is -0.384 e. The fourth-order valence-electron chi connectivity index (χ4n) is 1.80. The minimum absolute atomic E-state index is 0.00924. The maximum absolute atomic E-state index is 11.8. The van der Waals surface area contributed by atoms with Crippen molar-refractivity contribution >= 4 is 17.5 Å². The van der Waals surface area contributed by atoms with Crippen molar-refractivity contribution in [2.75, 3.05) is 6.54 Å². The number of aryl methyl sites for hydroxylation is 1. The van der Waals surface area contributed by atoms with Crippen LogP contribution in [0, 0.1) is 6.92 Å². The Balaban J connectivity index is 2.06. The van der Waals surface area contributed by atoms with Crippen molar-refractivity contribution in [1.82, 2.24) is 10.5 Å². The molecule has 1 atom stereocenters. The molecule has 0 saturated heterocycles. The normalized spacial score (nSPS) is 13.8. The molecule has 2 aromatic rings. The van der Waals surface area contributed by atoms with Crippen molar-refractivity contribution in [2.24, 2.45) is 0 Å². The molecular weight excluding hydrogens is 280 g/mol. The number of nitrogens with one attached hydrogen (secondary N) is 1. The highest BCUT2D eigenvalue weighted by Crippen LogP contribution is 2.27. The largest absolute Gasteiger partial charge is 0.384 e. The third kappa shape index (κ3) is 3.18. The van der Waals surface area contributed by atoms with E-state index < -0.39 is 11.5 Å². The second-order valence-corrected chi connectivity index (χ2v) is 5.18. The second kappa shape index (κ2) is 5.64. The molecule has 2 N–H and O–H groups in total. The lowest BCUT2D eigenvalue weighted by Gasteiger charge is -2.25. The summed E-state index contributed by atoms with van der Waals surface area (Å²) in [4.78, 5) is 11.8. The molecule has 1 unspecified atom stereocenters. The molecule has 0 radical (unpaired) electrons. The van der Waals surface area contributed by atoms with Crippen LogP contribution in [0.5, 0.6) is 0 Å². The summed E-state index contributed by atoms with van der Waals surface area (Å²) in [5, 5.41) is 17.1. The fraction of sp³-hybridized carbons (Fsp3) is 0.286. The number of halogens is 1. The highest BCUT2D eigenvalue weighted by atomic mass is 35.5. The Morgan fingerprint density at radius 3 is 2.80 bits per heavy atom. The molecule has 1 heterocycles. The predicted octanol–water partition coefficient (Wildman–Crippen LogP) is 2.27. The van der Waals surface area contributed by atoms with E-state index in [0.717, 1.165) is 0 Å². The molecule has 0 fully saturated rings. The van der Waals surface area contributed by atoms with E-state index in [9.17, 15) is 9.90 Å².